The van der Waals surface area contributed by atoms with Gasteiger partial charge in [0, 0.05) is 0 Å². The van der Waals surface area contributed by atoms with Crippen molar-refractivity contribution >= 4 is 5.97 Å². The molecule has 0 amide bonds. The third-order valence-corrected chi connectivity index (χ3v) is 2.41. The van der Waals surface area contributed by atoms with Gasteiger partial charge in [-0.1, -0.05) is 0 Å². The lowest BCUT2D eigenvalue weighted by Crippen LogP contribution is -2.57. The van der Waals surface area contributed by atoms with Crippen molar-refractivity contribution in [1.82, 2.24) is 0 Å². The van der Waals surface area contributed by atoms with Crippen LogP contribution in [0, 0.1) is 0 Å². The number of hydrogen-bond acceptors (Lipinski definition) is 6. The van der Waals surface area contributed by atoms with Gasteiger partial charge in [-0.05, 0) is 6.92 Å². The lowest BCUT2D eigenvalue weighted by molar-refractivity contribution is -0.293. The second kappa shape index (κ2) is 5.55. The second-order valence-electron chi connectivity index (χ2n) is 3.70. The summed E-state index contributed by atoms with van der Waals surface area (Å²) in [5.74, 6) is -1.03. The summed E-state index contributed by atoms with van der Waals surface area (Å²) in [5, 5.41) is 36.6. The van der Waals surface area contributed by atoms with Crippen LogP contribution in [-0.4, -0.2) is 63.7 Å². The molecule has 94 valence electrons. The molecule has 1 rings (SSSR count). The van der Waals surface area contributed by atoms with Crippen molar-refractivity contribution in [2.75, 3.05) is 6.61 Å². The zero-order valence-corrected chi connectivity index (χ0v) is 8.81. The molecule has 7 heteroatoms. The van der Waals surface area contributed by atoms with Crippen LogP contribution in [0.25, 0.3) is 0 Å². The standard InChI is InChI=1S/C9H16O7/c1-4-6(12)7(13)8(14)9(16-4)15-3-2-5(10)11/h4,6-9,12-14H,2-3H2,1H3,(H,10,11)/t4?,6-,7-,8?,9+/m0/s1. The molecule has 0 spiro atoms. The molecule has 2 unspecified atom stereocenters. The van der Waals surface area contributed by atoms with Crippen molar-refractivity contribution in [2.24, 2.45) is 0 Å². The van der Waals surface area contributed by atoms with Crippen LogP contribution in [0.3, 0.4) is 0 Å². The third-order valence-electron chi connectivity index (χ3n) is 2.41. The molecule has 1 fully saturated rings. The van der Waals surface area contributed by atoms with Crippen molar-refractivity contribution in [3.63, 3.8) is 0 Å². The van der Waals surface area contributed by atoms with Crippen molar-refractivity contribution in [3.05, 3.63) is 0 Å². The second-order valence-corrected chi connectivity index (χ2v) is 3.70. The fourth-order valence-electron chi connectivity index (χ4n) is 1.41. The summed E-state index contributed by atoms with van der Waals surface area (Å²) in [6.07, 6.45) is -5.96. The van der Waals surface area contributed by atoms with E-state index in [1.165, 1.54) is 6.92 Å². The van der Waals surface area contributed by atoms with Crippen LogP contribution in [-0.2, 0) is 14.3 Å². The number of aliphatic hydroxyl groups excluding tert-OH is 3. The monoisotopic (exact) mass is 236 g/mol. The van der Waals surface area contributed by atoms with E-state index in [0.29, 0.717) is 0 Å². The van der Waals surface area contributed by atoms with Gasteiger partial charge in [-0.25, -0.2) is 0 Å². The Morgan fingerprint density at radius 3 is 2.44 bits per heavy atom. The quantitative estimate of drug-likeness (QED) is 0.460. The molecule has 1 aliphatic rings. The van der Waals surface area contributed by atoms with Gasteiger partial charge in [0.1, 0.15) is 18.3 Å². The highest BCUT2D eigenvalue weighted by Crippen LogP contribution is 2.21. The summed E-state index contributed by atoms with van der Waals surface area (Å²) in [6.45, 7) is 1.39. The minimum absolute atomic E-state index is 0.132. The Bertz CT molecular complexity index is 244. The first-order valence-corrected chi connectivity index (χ1v) is 4.96. The van der Waals surface area contributed by atoms with Crippen molar-refractivity contribution < 1.29 is 34.7 Å². The first-order valence-electron chi connectivity index (χ1n) is 4.96. The number of aliphatic carboxylic acids is 1. The summed E-state index contributed by atoms with van der Waals surface area (Å²) in [7, 11) is 0. The molecule has 7 nitrogen and oxygen atoms in total. The van der Waals surface area contributed by atoms with Crippen LogP contribution >= 0.6 is 0 Å². The molecular formula is C9H16O7. The van der Waals surface area contributed by atoms with E-state index in [2.05, 4.69) is 0 Å². The summed E-state index contributed by atoms with van der Waals surface area (Å²) in [5.41, 5.74) is 0. The molecule has 0 saturated carbocycles. The van der Waals surface area contributed by atoms with Gasteiger partial charge in [-0.3, -0.25) is 4.79 Å². The van der Waals surface area contributed by atoms with E-state index < -0.39 is 36.7 Å². The minimum atomic E-state index is -1.39. The molecule has 0 bridgehead atoms. The zero-order valence-electron chi connectivity index (χ0n) is 8.81. The summed E-state index contributed by atoms with van der Waals surface area (Å²) >= 11 is 0. The first kappa shape index (κ1) is 13.3. The van der Waals surface area contributed by atoms with Gasteiger partial charge in [0.05, 0.1) is 19.1 Å². The van der Waals surface area contributed by atoms with E-state index >= 15 is 0 Å². The number of ether oxygens (including phenoxy) is 2. The summed E-state index contributed by atoms with van der Waals surface area (Å²) in [6, 6.07) is 0. The fourth-order valence-corrected chi connectivity index (χ4v) is 1.41. The number of rotatable bonds is 4. The van der Waals surface area contributed by atoms with Gasteiger partial charge < -0.3 is 29.9 Å². The molecular weight excluding hydrogens is 220 g/mol. The van der Waals surface area contributed by atoms with E-state index in [0.717, 1.165) is 0 Å². The Labute approximate surface area is 92.2 Å². The topological polar surface area (TPSA) is 116 Å². The molecule has 1 saturated heterocycles. The highest BCUT2D eigenvalue weighted by Gasteiger charge is 2.42. The fraction of sp³-hybridized carbons (Fsp3) is 0.889. The Balaban J connectivity index is 2.44. The average Bonchev–Trinajstić information content (AvgIpc) is 2.22. The van der Waals surface area contributed by atoms with E-state index in [-0.39, 0.29) is 13.0 Å². The maximum Gasteiger partial charge on any atom is 0.305 e. The molecule has 5 atom stereocenters. The minimum Gasteiger partial charge on any atom is -0.481 e. The van der Waals surface area contributed by atoms with Gasteiger partial charge in [0.2, 0.25) is 0 Å². The predicted octanol–water partition coefficient (Wildman–Crippen LogP) is -1.69. The zero-order chi connectivity index (χ0) is 12.3. The summed E-state index contributed by atoms with van der Waals surface area (Å²) in [4.78, 5) is 10.2. The van der Waals surface area contributed by atoms with Crippen molar-refractivity contribution in [2.45, 2.75) is 44.1 Å². The first-order chi connectivity index (χ1) is 7.43. The van der Waals surface area contributed by atoms with Crippen LogP contribution < -0.4 is 0 Å². The molecule has 0 aliphatic carbocycles. The smallest absolute Gasteiger partial charge is 0.305 e. The summed E-state index contributed by atoms with van der Waals surface area (Å²) < 4.78 is 10.1. The maximum atomic E-state index is 10.2. The van der Waals surface area contributed by atoms with Gasteiger partial charge in [0.15, 0.2) is 6.29 Å². The molecule has 4 N–H and O–H groups in total. The van der Waals surface area contributed by atoms with Gasteiger partial charge >= 0.3 is 5.97 Å². The Morgan fingerprint density at radius 2 is 1.88 bits per heavy atom. The number of carboxylic acids is 1. The van der Waals surface area contributed by atoms with Crippen LogP contribution in [0.4, 0.5) is 0 Å². The van der Waals surface area contributed by atoms with Crippen LogP contribution in [0.5, 0.6) is 0 Å². The molecule has 16 heavy (non-hydrogen) atoms. The van der Waals surface area contributed by atoms with Crippen LogP contribution in [0.2, 0.25) is 0 Å². The SMILES string of the molecule is CC1O[C@@H](OCCC(=O)O)C(O)[C@@H](O)[C@H]1O. The third kappa shape index (κ3) is 3.13. The maximum absolute atomic E-state index is 10.2. The Hall–Kier alpha value is -0.730. The van der Waals surface area contributed by atoms with E-state index in [9.17, 15) is 20.1 Å². The normalized spacial score (nSPS) is 39.6. The van der Waals surface area contributed by atoms with E-state index in [4.69, 9.17) is 14.6 Å². The van der Waals surface area contributed by atoms with Crippen molar-refractivity contribution in [3.8, 4) is 0 Å². The number of carboxylic acid groups (broad SMARTS) is 1. The lowest BCUT2D eigenvalue weighted by atomic mass is 10.0. The van der Waals surface area contributed by atoms with E-state index in [1.807, 2.05) is 0 Å². The molecule has 0 aromatic heterocycles. The van der Waals surface area contributed by atoms with Crippen LogP contribution in [0.1, 0.15) is 13.3 Å². The highest BCUT2D eigenvalue weighted by molar-refractivity contribution is 5.66. The average molecular weight is 236 g/mol. The predicted molar refractivity (Wildman–Crippen MR) is 50.6 cm³/mol. The van der Waals surface area contributed by atoms with Gasteiger partial charge in [0.25, 0.3) is 0 Å². The number of aliphatic hydroxyl groups is 3. The molecule has 0 aromatic rings. The highest BCUT2D eigenvalue weighted by atomic mass is 16.7. The number of carbonyl (C=O) groups is 1. The van der Waals surface area contributed by atoms with E-state index in [1.54, 1.807) is 0 Å². The van der Waals surface area contributed by atoms with Gasteiger partial charge in [-0.2, -0.15) is 0 Å². The molecule has 1 aliphatic heterocycles. The molecule has 0 aromatic carbocycles. The largest absolute Gasteiger partial charge is 0.481 e. The van der Waals surface area contributed by atoms with Crippen molar-refractivity contribution in [1.29, 1.82) is 0 Å². The lowest BCUT2D eigenvalue weighted by Gasteiger charge is -2.38. The Morgan fingerprint density at radius 1 is 1.25 bits per heavy atom. The molecule has 1 heterocycles. The van der Waals surface area contributed by atoms with Gasteiger partial charge in [-0.15, -0.1) is 0 Å². The molecule has 0 radical (unpaired) electrons. The van der Waals surface area contributed by atoms with Crippen LogP contribution in [0.15, 0.2) is 0 Å². The Kier molecular flexibility index (Phi) is 4.63. The number of hydrogen-bond donors (Lipinski definition) is 4.